The summed E-state index contributed by atoms with van der Waals surface area (Å²) in [7, 11) is 1.41. The molecule has 44 heavy (non-hydrogen) atoms. The Bertz CT molecular complexity index is 1690. The summed E-state index contributed by atoms with van der Waals surface area (Å²) in [6.45, 7) is 8.06. The first-order valence-electron chi connectivity index (χ1n) is 14.4. The molecule has 1 aromatic heterocycles. The minimum absolute atomic E-state index is 0.196. The Balaban J connectivity index is 1.37. The number of urea groups is 1. The van der Waals surface area contributed by atoms with Crippen molar-refractivity contribution in [3.05, 3.63) is 78.1 Å². The van der Waals surface area contributed by atoms with Crippen LogP contribution in [0, 0.1) is 0 Å². The first kappa shape index (κ1) is 30.6. The normalized spacial score (nSPS) is 15.2. The van der Waals surface area contributed by atoms with E-state index in [-0.39, 0.29) is 23.0 Å². The maximum Gasteiger partial charge on any atom is 0.409 e. The number of aliphatic hydroxyl groups excluding tert-OH is 1. The quantitative estimate of drug-likeness (QED) is 0.152. The van der Waals surface area contributed by atoms with Gasteiger partial charge in [-0.3, -0.25) is 15.2 Å². The molecule has 1 unspecified atom stereocenters. The van der Waals surface area contributed by atoms with Crippen molar-refractivity contribution in [2.24, 2.45) is 0 Å². The van der Waals surface area contributed by atoms with Crippen molar-refractivity contribution < 1.29 is 29.3 Å². The Morgan fingerprint density at radius 2 is 1.68 bits per heavy atom. The van der Waals surface area contributed by atoms with E-state index in [2.05, 4.69) is 25.8 Å². The number of amides is 3. The van der Waals surface area contributed by atoms with Crippen LogP contribution < -0.4 is 25.4 Å². The third-order valence-corrected chi connectivity index (χ3v) is 7.43. The number of hydrogen-bond acceptors (Lipinski definition) is 7. The number of benzene rings is 3. The molecular formula is C33H37N5O6. The fourth-order valence-electron chi connectivity index (χ4n) is 5.25. The minimum Gasteiger partial charge on any atom is -0.492 e. The number of likely N-dealkylation sites (tertiary alicyclic amines) is 1. The van der Waals surface area contributed by atoms with Gasteiger partial charge in [-0.25, -0.2) is 9.59 Å². The van der Waals surface area contributed by atoms with E-state index >= 15 is 0 Å². The molecule has 1 aliphatic rings. The van der Waals surface area contributed by atoms with E-state index < -0.39 is 12.1 Å². The molecule has 1 saturated heterocycles. The zero-order valence-corrected chi connectivity index (χ0v) is 25.2. The molecule has 5 N–H and O–H groups in total. The molecule has 3 aromatic carbocycles. The fourth-order valence-corrected chi connectivity index (χ4v) is 5.25. The van der Waals surface area contributed by atoms with Gasteiger partial charge >= 0.3 is 12.1 Å². The van der Waals surface area contributed by atoms with Crippen LogP contribution in [0.25, 0.3) is 10.8 Å². The number of aromatic nitrogens is 1. The highest BCUT2D eigenvalue weighted by molar-refractivity contribution is 6.08. The zero-order chi connectivity index (χ0) is 31.4. The number of hydrogen-bond donors (Lipinski definition) is 5. The number of fused-ring (bicyclic) bond motifs is 1. The van der Waals surface area contributed by atoms with Crippen LogP contribution in [0.15, 0.2) is 66.9 Å². The van der Waals surface area contributed by atoms with Gasteiger partial charge < -0.3 is 30.3 Å². The van der Waals surface area contributed by atoms with E-state index in [0.29, 0.717) is 36.0 Å². The Morgan fingerprint density at radius 3 is 2.34 bits per heavy atom. The van der Waals surface area contributed by atoms with Crippen molar-refractivity contribution in [1.29, 1.82) is 0 Å². The van der Waals surface area contributed by atoms with Gasteiger partial charge in [0.1, 0.15) is 11.5 Å². The fraction of sp³-hybridized carbons (Fsp3) is 0.303. The summed E-state index contributed by atoms with van der Waals surface area (Å²) in [5.74, 6) is 1.45. The Kier molecular flexibility index (Phi) is 8.88. The number of nitrogens with zero attached hydrogens (tertiary/aromatic N) is 2. The van der Waals surface area contributed by atoms with Crippen molar-refractivity contribution >= 4 is 40.0 Å². The zero-order valence-electron chi connectivity index (χ0n) is 25.2. The van der Waals surface area contributed by atoms with E-state index in [4.69, 9.17) is 9.47 Å². The molecular weight excluding hydrogens is 562 g/mol. The summed E-state index contributed by atoms with van der Waals surface area (Å²) in [5, 5.41) is 28.9. The van der Waals surface area contributed by atoms with Crippen molar-refractivity contribution in [2.75, 3.05) is 36.1 Å². The van der Waals surface area contributed by atoms with Gasteiger partial charge in [0, 0.05) is 42.7 Å². The second-order valence-electron chi connectivity index (χ2n) is 11.8. The number of pyridine rings is 1. The molecule has 11 nitrogen and oxygen atoms in total. The van der Waals surface area contributed by atoms with Crippen LogP contribution in [0.4, 0.5) is 26.7 Å². The largest absolute Gasteiger partial charge is 0.492 e. The molecule has 11 heteroatoms. The van der Waals surface area contributed by atoms with Gasteiger partial charge in [-0.15, -0.1) is 0 Å². The molecule has 1 aliphatic heterocycles. The van der Waals surface area contributed by atoms with Crippen LogP contribution in [0.3, 0.4) is 0 Å². The van der Waals surface area contributed by atoms with Gasteiger partial charge in [0.25, 0.3) is 0 Å². The predicted molar refractivity (Wildman–Crippen MR) is 170 cm³/mol. The van der Waals surface area contributed by atoms with Gasteiger partial charge in [0.2, 0.25) is 0 Å². The first-order valence-corrected chi connectivity index (χ1v) is 14.4. The van der Waals surface area contributed by atoms with Crippen LogP contribution in [0.5, 0.6) is 17.2 Å². The average molecular weight is 600 g/mol. The number of nitrogens with one attached hydrogen (secondary N) is 3. The summed E-state index contributed by atoms with van der Waals surface area (Å²) < 4.78 is 11.8. The average Bonchev–Trinajstić information content (AvgIpc) is 3.37. The Hall–Kier alpha value is -4.87. The summed E-state index contributed by atoms with van der Waals surface area (Å²) in [4.78, 5) is 31.4. The lowest BCUT2D eigenvalue weighted by molar-refractivity contribution is 0.174. The number of anilines is 3. The smallest absolute Gasteiger partial charge is 0.409 e. The van der Waals surface area contributed by atoms with Crippen LogP contribution in [0.1, 0.15) is 38.4 Å². The van der Waals surface area contributed by atoms with Crippen molar-refractivity contribution in [3.8, 4) is 17.2 Å². The van der Waals surface area contributed by atoms with E-state index in [0.717, 1.165) is 35.0 Å². The monoisotopic (exact) mass is 599 g/mol. The molecule has 0 spiro atoms. The molecule has 0 aliphatic carbocycles. The number of aliphatic hydroxyl groups is 1. The molecule has 0 bridgehead atoms. The standard InChI is InChI=1S/C33H37N5O6/c1-33(2,3)20-15-27(30(43-4)28(16-20)37-32(41)42)36-31(40)35-26-9-10-29(25-8-6-5-7-24(25)26)44-23-11-13-34-21(17-23)18-38-14-12-22(39)19-38/h5-11,13,15-17,22,37,39H,12,14,18-19H2,1-4H3,(H,41,42)(H2,35,36,40). The number of ether oxygens (including phenoxy) is 2. The predicted octanol–water partition coefficient (Wildman–Crippen LogP) is 6.63. The molecule has 5 rings (SSSR count). The number of methoxy groups -OCH3 is 1. The molecule has 4 aromatic rings. The van der Waals surface area contributed by atoms with Gasteiger partial charge in [-0.2, -0.15) is 0 Å². The molecule has 2 heterocycles. The summed E-state index contributed by atoms with van der Waals surface area (Å²) in [5.41, 5.74) is 2.44. The van der Waals surface area contributed by atoms with Gasteiger partial charge in [0.15, 0.2) is 5.75 Å². The number of rotatable bonds is 8. The lowest BCUT2D eigenvalue weighted by atomic mass is 9.86. The highest BCUT2D eigenvalue weighted by Crippen LogP contribution is 2.39. The van der Waals surface area contributed by atoms with Crippen LogP contribution in [-0.4, -0.2) is 58.5 Å². The molecule has 3 amide bonds. The molecule has 1 fully saturated rings. The summed E-state index contributed by atoms with van der Waals surface area (Å²) in [6, 6.07) is 17.8. The molecule has 0 saturated carbocycles. The van der Waals surface area contributed by atoms with E-state index in [1.165, 1.54) is 7.11 Å². The van der Waals surface area contributed by atoms with Crippen LogP contribution in [-0.2, 0) is 12.0 Å². The molecule has 1 atom stereocenters. The molecule has 230 valence electrons. The van der Waals surface area contributed by atoms with Crippen LogP contribution >= 0.6 is 0 Å². The number of carboxylic acid groups (broad SMARTS) is 1. The topological polar surface area (TPSA) is 145 Å². The highest BCUT2D eigenvalue weighted by atomic mass is 16.5. The van der Waals surface area contributed by atoms with Crippen molar-refractivity contribution in [3.63, 3.8) is 0 Å². The summed E-state index contributed by atoms with van der Waals surface area (Å²) >= 11 is 0. The molecule has 0 radical (unpaired) electrons. The summed E-state index contributed by atoms with van der Waals surface area (Å²) in [6.07, 6.45) is 0.936. The second kappa shape index (κ2) is 12.8. The SMILES string of the molecule is COc1c(NC(=O)O)cc(C(C)(C)C)cc1NC(=O)Nc1ccc(Oc2ccnc(CN3CCC(O)C3)c2)c2ccccc12. The lowest BCUT2D eigenvalue weighted by Crippen LogP contribution is -2.22. The third-order valence-electron chi connectivity index (χ3n) is 7.43. The van der Waals surface area contributed by atoms with Gasteiger partial charge in [-0.1, -0.05) is 45.0 Å². The number of β-amino-alcohol motifs (C(OH)–C–C–N with tert-alkyl or cyclic N) is 1. The number of carbonyl (C=O) groups is 2. The Labute approximate surface area is 255 Å². The van der Waals surface area contributed by atoms with Crippen LogP contribution in [0.2, 0.25) is 0 Å². The van der Waals surface area contributed by atoms with Gasteiger partial charge in [0.05, 0.1) is 36.0 Å². The lowest BCUT2D eigenvalue weighted by Gasteiger charge is -2.23. The maximum atomic E-state index is 13.3. The van der Waals surface area contributed by atoms with E-state index in [1.807, 2.05) is 51.1 Å². The minimum atomic E-state index is -1.24. The van der Waals surface area contributed by atoms with Crippen molar-refractivity contribution in [1.82, 2.24) is 9.88 Å². The maximum absolute atomic E-state index is 13.3. The van der Waals surface area contributed by atoms with E-state index in [1.54, 1.807) is 36.5 Å². The second-order valence-corrected chi connectivity index (χ2v) is 11.8. The number of carbonyl (C=O) groups excluding carboxylic acids is 1. The van der Waals surface area contributed by atoms with Gasteiger partial charge in [-0.05, 0) is 47.7 Å². The highest BCUT2D eigenvalue weighted by Gasteiger charge is 2.23. The van der Waals surface area contributed by atoms with E-state index in [9.17, 15) is 19.8 Å². The first-order chi connectivity index (χ1) is 21.0. The Morgan fingerprint density at radius 1 is 0.977 bits per heavy atom. The van der Waals surface area contributed by atoms with Crippen molar-refractivity contribution in [2.45, 2.75) is 45.3 Å². The third kappa shape index (κ3) is 7.19.